The third-order valence-corrected chi connectivity index (χ3v) is 3.89. The number of hydrogen-bond donors (Lipinski definition) is 2. The largest absolute Gasteiger partial charge is 0.357 e. The highest BCUT2D eigenvalue weighted by Crippen LogP contribution is 2.37. The summed E-state index contributed by atoms with van der Waals surface area (Å²) in [5.74, 6) is 1.80. The molecule has 0 amide bonds. The molecule has 1 fully saturated rings. The third-order valence-electron chi connectivity index (χ3n) is 3.89. The smallest absolute Gasteiger partial charge is 0.224 e. The lowest BCUT2D eigenvalue weighted by atomic mass is 9.71. The lowest BCUT2D eigenvalue weighted by Gasteiger charge is -2.38. The third kappa shape index (κ3) is 1.59. The fraction of sp³-hybridized carbons (Fsp3) is 0.818. The summed E-state index contributed by atoms with van der Waals surface area (Å²) in [6.45, 7) is 2.21. The molecule has 0 radical (unpaired) electrons. The van der Waals surface area contributed by atoms with Crippen LogP contribution in [-0.2, 0) is 12.5 Å². The lowest BCUT2D eigenvalue weighted by Crippen LogP contribution is -2.47. The average Bonchev–Trinajstić information content (AvgIpc) is 2.64. The summed E-state index contributed by atoms with van der Waals surface area (Å²) in [6, 6.07) is 0.189. The van der Waals surface area contributed by atoms with E-state index in [-0.39, 0.29) is 11.5 Å². The van der Waals surface area contributed by atoms with E-state index < -0.39 is 0 Å². The highest BCUT2D eigenvalue weighted by atomic mass is 15.3. The van der Waals surface area contributed by atoms with Gasteiger partial charge >= 0.3 is 0 Å². The minimum absolute atomic E-state index is 0.0326. The Morgan fingerprint density at radius 3 is 2.75 bits per heavy atom. The van der Waals surface area contributed by atoms with Gasteiger partial charge in [-0.1, -0.05) is 19.8 Å². The predicted molar refractivity (Wildman–Crippen MR) is 64.3 cm³/mol. The number of aromatic nitrogens is 3. The number of nitrogens with two attached hydrogens (primary N) is 1. The van der Waals surface area contributed by atoms with Gasteiger partial charge in [0.15, 0.2) is 0 Å². The molecule has 1 aliphatic carbocycles. The first-order valence-electron chi connectivity index (χ1n) is 5.93. The van der Waals surface area contributed by atoms with Crippen LogP contribution in [0.5, 0.6) is 0 Å². The van der Waals surface area contributed by atoms with Crippen molar-refractivity contribution in [1.82, 2.24) is 14.8 Å². The molecule has 2 atom stereocenters. The molecule has 0 saturated heterocycles. The van der Waals surface area contributed by atoms with Crippen molar-refractivity contribution in [3.8, 4) is 0 Å². The van der Waals surface area contributed by atoms with Crippen LogP contribution in [0.4, 0.5) is 5.95 Å². The first-order valence-corrected chi connectivity index (χ1v) is 5.93. The first kappa shape index (κ1) is 11.4. The van der Waals surface area contributed by atoms with E-state index in [9.17, 15) is 0 Å². The molecule has 1 heterocycles. The van der Waals surface area contributed by atoms with Gasteiger partial charge in [0.05, 0.1) is 0 Å². The Morgan fingerprint density at radius 2 is 2.19 bits per heavy atom. The van der Waals surface area contributed by atoms with E-state index in [2.05, 4.69) is 22.4 Å². The van der Waals surface area contributed by atoms with E-state index >= 15 is 0 Å². The number of rotatable bonds is 2. The second kappa shape index (κ2) is 4.05. The van der Waals surface area contributed by atoms with E-state index in [1.807, 2.05) is 18.7 Å². The summed E-state index contributed by atoms with van der Waals surface area (Å²) in [5.41, 5.74) is 6.23. The van der Waals surface area contributed by atoms with Crippen LogP contribution in [0.2, 0.25) is 0 Å². The Labute approximate surface area is 96.4 Å². The zero-order valence-electron chi connectivity index (χ0n) is 10.3. The Bertz CT molecular complexity index is 372. The molecule has 3 N–H and O–H groups in total. The predicted octanol–water partition coefficient (Wildman–Crippen LogP) is 1.02. The van der Waals surface area contributed by atoms with Gasteiger partial charge in [0.1, 0.15) is 5.82 Å². The van der Waals surface area contributed by atoms with Gasteiger partial charge in [-0.3, -0.25) is 0 Å². The topological polar surface area (TPSA) is 68.8 Å². The Hall–Kier alpha value is -1.10. The molecule has 5 heteroatoms. The normalized spacial score (nSPS) is 30.4. The zero-order chi connectivity index (χ0) is 11.8. The highest BCUT2D eigenvalue weighted by molar-refractivity contribution is 5.27. The molecule has 0 aliphatic heterocycles. The Morgan fingerprint density at radius 1 is 1.44 bits per heavy atom. The summed E-state index contributed by atoms with van der Waals surface area (Å²) in [6.07, 6.45) is 4.64. The van der Waals surface area contributed by atoms with E-state index in [1.165, 1.54) is 12.8 Å². The molecule has 1 aromatic heterocycles. The van der Waals surface area contributed by atoms with Gasteiger partial charge in [-0.25, -0.2) is 0 Å². The van der Waals surface area contributed by atoms with Gasteiger partial charge in [0.2, 0.25) is 5.95 Å². The summed E-state index contributed by atoms with van der Waals surface area (Å²) in [5, 5.41) is 11.5. The van der Waals surface area contributed by atoms with Gasteiger partial charge in [-0.15, -0.1) is 10.2 Å². The molecule has 2 rings (SSSR count). The van der Waals surface area contributed by atoms with Crippen LogP contribution in [0.1, 0.15) is 38.4 Å². The SMILES string of the molecule is CNc1nnc(C2(C)CCCCC2N)n1C. The molecule has 90 valence electrons. The molecule has 1 saturated carbocycles. The molecule has 0 aromatic carbocycles. The maximum absolute atomic E-state index is 6.26. The van der Waals surface area contributed by atoms with E-state index in [0.29, 0.717) is 0 Å². The van der Waals surface area contributed by atoms with E-state index in [1.54, 1.807) is 0 Å². The Kier molecular flexibility index (Phi) is 2.88. The van der Waals surface area contributed by atoms with Crippen LogP contribution < -0.4 is 11.1 Å². The van der Waals surface area contributed by atoms with Crippen LogP contribution in [0.3, 0.4) is 0 Å². The van der Waals surface area contributed by atoms with Crippen LogP contribution in [0, 0.1) is 0 Å². The van der Waals surface area contributed by atoms with Gasteiger partial charge in [0, 0.05) is 25.6 Å². The first-order chi connectivity index (χ1) is 7.59. The Balaban J connectivity index is 2.37. The molecule has 2 unspecified atom stereocenters. The summed E-state index contributed by atoms with van der Waals surface area (Å²) in [7, 11) is 3.85. The molecule has 1 aromatic rings. The molecule has 5 nitrogen and oxygen atoms in total. The maximum atomic E-state index is 6.26. The van der Waals surface area contributed by atoms with Crippen LogP contribution in [-0.4, -0.2) is 27.9 Å². The van der Waals surface area contributed by atoms with Crippen molar-refractivity contribution in [2.24, 2.45) is 12.8 Å². The molecule has 16 heavy (non-hydrogen) atoms. The minimum Gasteiger partial charge on any atom is -0.357 e. The fourth-order valence-corrected chi connectivity index (χ4v) is 2.68. The molecule has 1 aliphatic rings. The maximum Gasteiger partial charge on any atom is 0.224 e. The zero-order valence-corrected chi connectivity index (χ0v) is 10.3. The van der Waals surface area contributed by atoms with Crippen molar-refractivity contribution < 1.29 is 0 Å². The highest BCUT2D eigenvalue weighted by Gasteiger charge is 2.39. The molecule has 0 bridgehead atoms. The second-order valence-electron chi connectivity index (χ2n) is 4.93. The van der Waals surface area contributed by atoms with E-state index in [4.69, 9.17) is 5.73 Å². The van der Waals surface area contributed by atoms with Crippen LogP contribution in [0.15, 0.2) is 0 Å². The summed E-state index contributed by atoms with van der Waals surface area (Å²) in [4.78, 5) is 0. The monoisotopic (exact) mass is 223 g/mol. The fourth-order valence-electron chi connectivity index (χ4n) is 2.68. The molecular weight excluding hydrogens is 202 g/mol. The second-order valence-corrected chi connectivity index (χ2v) is 4.93. The van der Waals surface area contributed by atoms with Gasteiger partial charge in [-0.2, -0.15) is 0 Å². The summed E-state index contributed by atoms with van der Waals surface area (Å²) < 4.78 is 2.02. The van der Waals surface area contributed by atoms with Crippen molar-refractivity contribution >= 4 is 5.95 Å². The minimum atomic E-state index is -0.0326. The average molecular weight is 223 g/mol. The van der Waals surface area contributed by atoms with Gasteiger partial charge in [-0.05, 0) is 12.8 Å². The lowest BCUT2D eigenvalue weighted by molar-refractivity contribution is 0.253. The van der Waals surface area contributed by atoms with Crippen molar-refractivity contribution in [1.29, 1.82) is 0 Å². The van der Waals surface area contributed by atoms with Gasteiger partial charge in [0.25, 0.3) is 0 Å². The van der Waals surface area contributed by atoms with Crippen molar-refractivity contribution in [3.05, 3.63) is 5.82 Å². The van der Waals surface area contributed by atoms with Crippen molar-refractivity contribution in [2.45, 2.75) is 44.1 Å². The van der Waals surface area contributed by atoms with Crippen molar-refractivity contribution in [2.75, 3.05) is 12.4 Å². The number of anilines is 1. The standard InChI is InChI=1S/C11H21N5/c1-11(7-5-4-6-8(11)12)9-14-15-10(13-2)16(9)3/h8H,4-7,12H2,1-3H3,(H,13,15). The molecular formula is C11H21N5. The van der Waals surface area contributed by atoms with Gasteiger partial charge < -0.3 is 15.6 Å². The van der Waals surface area contributed by atoms with Crippen LogP contribution >= 0.6 is 0 Å². The number of hydrogen-bond acceptors (Lipinski definition) is 4. The number of nitrogens with zero attached hydrogens (tertiary/aromatic N) is 3. The number of nitrogens with one attached hydrogen (secondary N) is 1. The van der Waals surface area contributed by atoms with E-state index in [0.717, 1.165) is 24.6 Å². The molecule has 0 spiro atoms. The van der Waals surface area contributed by atoms with Crippen LogP contribution in [0.25, 0.3) is 0 Å². The summed E-state index contributed by atoms with van der Waals surface area (Å²) >= 11 is 0. The van der Waals surface area contributed by atoms with Crippen molar-refractivity contribution in [3.63, 3.8) is 0 Å². The quantitative estimate of drug-likeness (QED) is 0.785.